The number of rotatable bonds is 4. The molecule has 176 valence electrons. The van der Waals surface area contributed by atoms with Crippen molar-refractivity contribution in [1.82, 2.24) is 4.90 Å². The number of allylic oxidation sites excluding steroid dienone is 1. The smallest absolute Gasteiger partial charge is 0.372 e. The summed E-state index contributed by atoms with van der Waals surface area (Å²) >= 11 is 0. The van der Waals surface area contributed by atoms with Crippen LogP contribution in [-0.2, 0) is 16.0 Å². The SMILES string of the molecule is Cc1ccc2[nH+]c(C(F)(F)F)cc(N3CCN(/C=C(/C#N)S(=O)(=O)c4ccccc4)CC3)c2c1. The van der Waals surface area contributed by atoms with Gasteiger partial charge in [-0.1, -0.05) is 24.3 Å². The molecule has 2 heterocycles. The van der Waals surface area contributed by atoms with Crippen molar-refractivity contribution in [3.8, 4) is 6.07 Å². The Kier molecular flexibility index (Phi) is 6.23. The number of pyridine rings is 1. The van der Waals surface area contributed by atoms with Gasteiger partial charge in [0.25, 0.3) is 5.69 Å². The number of aromatic amines is 1. The van der Waals surface area contributed by atoms with Crippen molar-refractivity contribution >= 4 is 26.4 Å². The van der Waals surface area contributed by atoms with E-state index in [0.29, 0.717) is 42.8 Å². The molecule has 0 amide bonds. The Morgan fingerprint density at radius 1 is 1.06 bits per heavy atom. The molecule has 10 heteroatoms. The van der Waals surface area contributed by atoms with Crippen molar-refractivity contribution in [2.24, 2.45) is 0 Å². The lowest BCUT2D eigenvalue weighted by Crippen LogP contribution is -2.44. The zero-order chi connectivity index (χ0) is 24.5. The molecule has 1 aliphatic heterocycles. The topological polar surface area (TPSA) is 78.6 Å². The van der Waals surface area contributed by atoms with Crippen LogP contribution in [0, 0.1) is 18.3 Å². The second-order valence-corrected chi connectivity index (χ2v) is 9.98. The molecular weight excluding hydrogens is 465 g/mol. The quantitative estimate of drug-likeness (QED) is 0.521. The number of halogens is 3. The number of hydrogen-bond acceptors (Lipinski definition) is 5. The molecule has 1 saturated heterocycles. The minimum absolute atomic E-state index is 0.0310. The van der Waals surface area contributed by atoms with E-state index in [1.807, 2.05) is 17.9 Å². The maximum atomic E-state index is 13.5. The zero-order valence-corrected chi connectivity index (χ0v) is 19.1. The number of nitrogens with one attached hydrogen (secondary N) is 1. The van der Waals surface area contributed by atoms with Gasteiger partial charge in [0.1, 0.15) is 6.07 Å². The lowest BCUT2D eigenvalue weighted by molar-refractivity contribution is -0.398. The van der Waals surface area contributed by atoms with E-state index in [2.05, 4.69) is 4.98 Å². The van der Waals surface area contributed by atoms with Crippen LogP contribution >= 0.6 is 0 Å². The van der Waals surface area contributed by atoms with Crippen LogP contribution in [0.1, 0.15) is 11.3 Å². The second kappa shape index (κ2) is 8.99. The van der Waals surface area contributed by atoms with Gasteiger partial charge in [0.2, 0.25) is 15.4 Å². The van der Waals surface area contributed by atoms with Crippen molar-refractivity contribution in [2.45, 2.75) is 18.0 Å². The average molecular weight is 488 g/mol. The predicted octanol–water partition coefficient (Wildman–Crippen LogP) is 3.94. The minimum atomic E-state index is -4.52. The van der Waals surface area contributed by atoms with E-state index < -0.39 is 21.7 Å². The third kappa shape index (κ3) is 4.70. The molecule has 4 rings (SSSR count). The van der Waals surface area contributed by atoms with Crippen LogP contribution in [-0.4, -0.2) is 39.5 Å². The van der Waals surface area contributed by atoms with Crippen LogP contribution in [0.15, 0.2) is 70.6 Å². The zero-order valence-electron chi connectivity index (χ0n) is 18.3. The Balaban J connectivity index is 1.61. The maximum absolute atomic E-state index is 13.5. The molecule has 6 nitrogen and oxygen atoms in total. The molecular formula is C24H22F3N4O2S+. The Morgan fingerprint density at radius 2 is 1.74 bits per heavy atom. The summed E-state index contributed by atoms with van der Waals surface area (Å²) in [6.07, 6.45) is -3.20. The summed E-state index contributed by atoms with van der Waals surface area (Å²) in [6.45, 7) is 3.31. The number of aromatic nitrogens is 1. The van der Waals surface area contributed by atoms with E-state index in [0.717, 1.165) is 11.6 Å². The largest absolute Gasteiger partial charge is 0.477 e. The van der Waals surface area contributed by atoms with Crippen LogP contribution in [0.2, 0.25) is 0 Å². The summed E-state index contributed by atoms with van der Waals surface area (Å²) in [4.78, 5) is 5.70. The summed E-state index contributed by atoms with van der Waals surface area (Å²) in [6, 6.07) is 15.8. The Bertz CT molecular complexity index is 1390. The van der Waals surface area contributed by atoms with Gasteiger partial charge in [0, 0.05) is 44.5 Å². The third-order valence-electron chi connectivity index (χ3n) is 5.71. The third-order valence-corrected chi connectivity index (χ3v) is 7.38. The highest BCUT2D eigenvalue weighted by Crippen LogP contribution is 2.33. The molecule has 0 bridgehead atoms. The van der Waals surface area contributed by atoms with Gasteiger partial charge in [0.15, 0.2) is 4.91 Å². The molecule has 0 atom stereocenters. The minimum Gasteiger partial charge on any atom is -0.372 e. The molecule has 0 unspecified atom stereocenters. The molecule has 3 aromatic rings. The highest BCUT2D eigenvalue weighted by molar-refractivity contribution is 7.95. The number of nitriles is 1. The summed E-state index contributed by atoms with van der Waals surface area (Å²) in [5.41, 5.74) is 0.944. The molecule has 0 aliphatic carbocycles. The number of sulfone groups is 1. The van der Waals surface area contributed by atoms with Crippen LogP contribution in [0.5, 0.6) is 0 Å². The number of nitrogens with zero attached hydrogens (tertiary/aromatic N) is 3. The number of anilines is 1. The van der Waals surface area contributed by atoms with Gasteiger partial charge >= 0.3 is 6.18 Å². The lowest BCUT2D eigenvalue weighted by Gasteiger charge is -2.36. The van der Waals surface area contributed by atoms with E-state index in [-0.39, 0.29) is 9.80 Å². The van der Waals surface area contributed by atoms with Crippen molar-refractivity contribution in [1.29, 1.82) is 5.26 Å². The van der Waals surface area contributed by atoms with Crippen molar-refractivity contribution < 1.29 is 26.6 Å². The van der Waals surface area contributed by atoms with Gasteiger partial charge in [-0.2, -0.15) is 18.4 Å². The number of aryl methyl sites for hydroxylation is 1. The fraction of sp³-hybridized carbons (Fsp3) is 0.250. The fourth-order valence-corrected chi connectivity index (χ4v) is 5.11. The van der Waals surface area contributed by atoms with Crippen molar-refractivity contribution in [3.63, 3.8) is 0 Å². The monoisotopic (exact) mass is 487 g/mol. The Labute approximate surface area is 195 Å². The first-order valence-electron chi connectivity index (χ1n) is 10.5. The maximum Gasteiger partial charge on any atom is 0.477 e. The first kappa shape index (κ1) is 23.6. The molecule has 1 fully saturated rings. The first-order chi connectivity index (χ1) is 16.1. The van der Waals surface area contributed by atoms with Gasteiger partial charge in [-0.3, -0.25) is 0 Å². The Morgan fingerprint density at radius 3 is 2.35 bits per heavy atom. The first-order valence-corrected chi connectivity index (χ1v) is 12.0. The number of fused-ring (bicyclic) bond motifs is 1. The molecule has 0 saturated carbocycles. The molecule has 0 spiro atoms. The summed E-state index contributed by atoms with van der Waals surface area (Å²) in [5.74, 6) is 0. The summed E-state index contributed by atoms with van der Waals surface area (Å²) in [5, 5.41) is 10.2. The van der Waals surface area contributed by atoms with E-state index in [9.17, 15) is 26.9 Å². The molecule has 1 aliphatic rings. The highest BCUT2D eigenvalue weighted by atomic mass is 32.2. The molecule has 34 heavy (non-hydrogen) atoms. The van der Waals surface area contributed by atoms with Gasteiger partial charge in [-0.15, -0.1) is 0 Å². The molecule has 0 radical (unpaired) electrons. The van der Waals surface area contributed by atoms with E-state index in [4.69, 9.17) is 0 Å². The number of hydrogen-bond donors (Lipinski definition) is 0. The van der Waals surface area contributed by atoms with E-state index in [1.54, 1.807) is 41.3 Å². The van der Waals surface area contributed by atoms with Gasteiger partial charge in [-0.25, -0.2) is 13.4 Å². The fourth-order valence-electron chi connectivity index (χ4n) is 3.93. The molecule has 1 N–H and O–H groups in total. The van der Waals surface area contributed by atoms with Crippen molar-refractivity contribution in [2.75, 3.05) is 31.1 Å². The summed E-state index contributed by atoms with van der Waals surface area (Å²) < 4.78 is 66.0. The van der Waals surface area contributed by atoms with Gasteiger partial charge < -0.3 is 9.80 Å². The van der Waals surface area contributed by atoms with Crippen molar-refractivity contribution in [3.05, 3.63) is 77.0 Å². The van der Waals surface area contributed by atoms with Crippen LogP contribution < -0.4 is 9.88 Å². The van der Waals surface area contributed by atoms with Gasteiger partial charge in [-0.05, 0) is 30.7 Å². The number of piperazine rings is 1. The van der Waals surface area contributed by atoms with E-state index >= 15 is 0 Å². The van der Waals surface area contributed by atoms with Crippen LogP contribution in [0.4, 0.5) is 18.9 Å². The van der Waals surface area contributed by atoms with Gasteiger partial charge in [0.05, 0.1) is 16.0 Å². The molecule has 2 aromatic carbocycles. The average Bonchev–Trinajstić information content (AvgIpc) is 2.82. The molecule has 1 aromatic heterocycles. The van der Waals surface area contributed by atoms with Crippen LogP contribution in [0.3, 0.4) is 0 Å². The number of H-pyrrole nitrogens is 1. The normalized spacial score (nSPS) is 15.4. The predicted molar refractivity (Wildman–Crippen MR) is 121 cm³/mol. The summed E-state index contributed by atoms with van der Waals surface area (Å²) in [7, 11) is -3.96. The number of benzene rings is 2. The van der Waals surface area contributed by atoms with E-state index in [1.165, 1.54) is 18.3 Å². The Hall–Kier alpha value is -3.58. The number of alkyl halides is 3. The lowest BCUT2D eigenvalue weighted by atomic mass is 10.1. The second-order valence-electron chi connectivity index (χ2n) is 8.06. The standard InChI is InChI=1S/C24H21F3N4O2S/c1-17-7-8-21-20(13-17)22(14-23(29-21)24(25,26)27)31-11-9-30(10-12-31)16-19(15-28)34(32,33)18-5-3-2-4-6-18/h2-8,13-14,16H,9-12H2,1H3/p+1/b19-16-. The highest BCUT2D eigenvalue weighted by Gasteiger charge is 2.39. The van der Waals surface area contributed by atoms with Crippen LogP contribution in [0.25, 0.3) is 10.9 Å².